The lowest BCUT2D eigenvalue weighted by Crippen LogP contribution is -2.53. The third kappa shape index (κ3) is 3.80. The SMILES string of the molecule is CC.CN(CCN)C(=O)C1(N)CCCC1. The van der Waals surface area contributed by atoms with Crippen molar-refractivity contribution in [3.8, 4) is 0 Å². The van der Waals surface area contributed by atoms with Crippen LogP contribution in [0.25, 0.3) is 0 Å². The molecule has 0 saturated heterocycles. The Kier molecular flexibility index (Phi) is 6.52. The van der Waals surface area contributed by atoms with Gasteiger partial charge in [0.25, 0.3) is 0 Å². The van der Waals surface area contributed by atoms with Crippen LogP contribution in [0.15, 0.2) is 0 Å². The zero-order chi connectivity index (χ0) is 11.9. The van der Waals surface area contributed by atoms with E-state index in [2.05, 4.69) is 0 Å². The van der Waals surface area contributed by atoms with Gasteiger partial charge in [-0.15, -0.1) is 0 Å². The van der Waals surface area contributed by atoms with Gasteiger partial charge in [0.05, 0.1) is 5.54 Å². The molecule has 0 aromatic heterocycles. The van der Waals surface area contributed by atoms with Crippen molar-refractivity contribution in [2.75, 3.05) is 20.1 Å². The summed E-state index contributed by atoms with van der Waals surface area (Å²) >= 11 is 0. The number of likely N-dealkylation sites (N-methyl/N-ethyl adjacent to an activating group) is 1. The smallest absolute Gasteiger partial charge is 0.242 e. The Morgan fingerprint density at radius 1 is 1.33 bits per heavy atom. The van der Waals surface area contributed by atoms with Crippen LogP contribution in [0, 0.1) is 0 Å². The van der Waals surface area contributed by atoms with Gasteiger partial charge in [0, 0.05) is 20.1 Å². The van der Waals surface area contributed by atoms with Gasteiger partial charge in [-0.25, -0.2) is 0 Å². The standard InChI is InChI=1S/C9H19N3O.C2H6/c1-12(7-6-10)8(13)9(11)4-2-3-5-9;1-2/h2-7,10-11H2,1H3;1-2H3. The van der Waals surface area contributed by atoms with Gasteiger partial charge in [-0.2, -0.15) is 0 Å². The van der Waals surface area contributed by atoms with E-state index >= 15 is 0 Å². The number of rotatable bonds is 3. The number of nitrogens with zero attached hydrogens (tertiary/aromatic N) is 1. The molecule has 15 heavy (non-hydrogen) atoms. The molecule has 4 N–H and O–H groups in total. The minimum atomic E-state index is -0.593. The van der Waals surface area contributed by atoms with Crippen LogP contribution in [0.5, 0.6) is 0 Å². The largest absolute Gasteiger partial charge is 0.343 e. The van der Waals surface area contributed by atoms with Crippen molar-refractivity contribution in [2.45, 2.75) is 45.1 Å². The quantitative estimate of drug-likeness (QED) is 0.728. The van der Waals surface area contributed by atoms with E-state index in [1.807, 2.05) is 13.8 Å². The average molecular weight is 215 g/mol. The monoisotopic (exact) mass is 215 g/mol. The van der Waals surface area contributed by atoms with Crippen molar-refractivity contribution >= 4 is 5.91 Å². The van der Waals surface area contributed by atoms with E-state index in [0.29, 0.717) is 13.1 Å². The molecule has 0 aromatic rings. The molecule has 1 fully saturated rings. The molecule has 4 heteroatoms. The Hall–Kier alpha value is -0.610. The topological polar surface area (TPSA) is 72.3 Å². The first-order valence-electron chi connectivity index (χ1n) is 5.85. The van der Waals surface area contributed by atoms with Crippen molar-refractivity contribution in [1.29, 1.82) is 0 Å². The first-order chi connectivity index (χ1) is 7.10. The van der Waals surface area contributed by atoms with E-state index in [9.17, 15) is 4.79 Å². The lowest BCUT2D eigenvalue weighted by molar-refractivity contribution is -0.135. The van der Waals surface area contributed by atoms with E-state index in [0.717, 1.165) is 25.7 Å². The normalized spacial score (nSPS) is 17.9. The van der Waals surface area contributed by atoms with E-state index in [1.54, 1.807) is 11.9 Å². The van der Waals surface area contributed by atoms with Crippen LogP contribution in [0.4, 0.5) is 0 Å². The number of amides is 1. The third-order valence-corrected chi connectivity index (χ3v) is 2.73. The highest BCUT2D eigenvalue weighted by molar-refractivity contribution is 5.86. The summed E-state index contributed by atoms with van der Waals surface area (Å²) in [4.78, 5) is 13.4. The summed E-state index contributed by atoms with van der Waals surface area (Å²) in [7, 11) is 1.77. The number of carbonyl (C=O) groups is 1. The molecule has 0 aliphatic heterocycles. The molecule has 0 radical (unpaired) electrons. The lowest BCUT2D eigenvalue weighted by atomic mass is 9.97. The fourth-order valence-electron chi connectivity index (χ4n) is 1.90. The molecule has 0 unspecified atom stereocenters. The van der Waals surface area contributed by atoms with Crippen LogP contribution in [-0.4, -0.2) is 36.5 Å². The van der Waals surface area contributed by atoms with Gasteiger partial charge in [0.2, 0.25) is 5.91 Å². The molecule has 1 saturated carbocycles. The lowest BCUT2D eigenvalue weighted by Gasteiger charge is -2.28. The first kappa shape index (κ1) is 14.4. The van der Waals surface area contributed by atoms with Gasteiger partial charge in [0.15, 0.2) is 0 Å². The highest BCUT2D eigenvalue weighted by Gasteiger charge is 2.38. The fourth-order valence-corrected chi connectivity index (χ4v) is 1.90. The second kappa shape index (κ2) is 6.80. The summed E-state index contributed by atoms with van der Waals surface area (Å²) in [5.74, 6) is 0.0513. The predicted octanol–water partition coefficient (Wildman–Crippen LogP) is 0.701. The third-order valence-electron chi connectivity index (χ3n) is 2.73. The number of carbonyl (C=O) groups excluding carboxylic acids is 1. The maximum atomic E-state index is 11.8. The molecule has 0 spiro atoms. The minimum Gasteiger partial charge on any atom is -0.343 e. The van der Waals surface area contributed by atoms with Crippen LogP contribution in [-0.2, 0) is 4.79 Å². The second-order valence-corrected chi connectivity index (χ2v) is 3.88. The molecule has 1 aliphatic rings. The molecule has 0 aromatic carbocycles. The minimum absolute atomic E-state index is 0.0513. The molecule has 1 amide bonds. The summed E-state index contributed by atoms with van der Waals surface area (Å²) in [6.07, 6.45) is 3.78. The maximum Gasteiger partial charge on any atom is 0.242 e. The summed E-state index contributed by atoms with van der Waals surface area (Å²) < 4.78 is 0. The summed E-state index contributed by atoms with van der Waals surface area (Å²) in [5, 5.41) is 0. The molecular weight excluding hydrogens is 190 g/mol. The number of hydrogen-bond donors (Lipinski definition) is 2. The first-order valence-corrected chi connectivity index (χ1v) is 5.85. The maximum absolute atomic E-state index is 11.8. The van der Waals surface area contributed by atoms with E-state index in [1.165, 1.54) is 0 Å². The zero-order valence-electron chi connectivity index (χ0n) is 10.3. The summed E-state index contributed by atoms with van der Waals surface area (Å²) in [5.41, 5.74) is 10.8. The van der Waals surface area contributed by atoms with Gasteiger partial charge >= 0.3 is 0 Å². The highest BCUT2D eigenvalue weighted by Crippen LogP contribution is 2.28. The van der Waals surface area contributed by atoms with Crippen LogP contribution >= 0.6 is 0 Å². The number of nitrogens with two attached hydrogens (primary N) is 2. The Balaban J connectivity index is 0.000000921. The van der Waals surface area contributed by atoms with Gasteiger partial charge in [-0.1, -0.05) is 26.7 Å². The average Bonchev–Trinajstić information content (AvgIpc) is 2.69. The predicted molar refractivity (Wildman–Crippen MR) is 63.4 cm³/mol. The molecule has 1 rings (SSSR count). The zero-order valence-corrected chi connectivity index (χ0v) is 10.3. The second-order valence-electron chi connectivity index (χ2n) is 3.88. The molecule has 0 atom stereocenters. The van der Waals surface area contributed by atoms with E-state index < -0.39 is 5.54 Å². The van der Waals surface area contributed by atoms with Gasteiger partial charge in [-0.05, 0) is 12.8 Å². The molecular formula is C11H25N3O. The van der Waals surface area contributed by atoms with E-state index in [4.69, 9.17) is 11.5 Å². The molecule has 1 aliphatic carbocycles. The van der Waals surface area contributed by atoms with Crippen LogP contribution in [0.2, 0.25) is 0 Å². The van der Waals surface area contributed by atoms with E-state index in [-0.39, 0.29) is 5.91 Å². The van der Waals surface area contributed by atoms with Crippen molar-refractivity contribution in [3.05, 3.63) is 0 Å². The molecule has 4 nitrogen and oxygen atoms in total. The van der Waals surface area contributed by atoms with Crippen molar-refractivity contribution in [3.63, 3.8) is 0 Å². The summed E-state index contributed by atoms with van der Waals surface area (Å²) in [6, 6.07) is 0. The number of hydrogen-bond acceptors (Lipinski definition) is 3. The van der Waals surface area contributed by atoms with Crippen LogP contribution in [0.3, 0.4) is 0 Å². The summed E-state index contributed by atoms with van der Waals surface area (Å²) in [6.45, 7) is 5.09. The van der Waals surface area contributed by atoms with Gasteiger partial charge < -0.3 is 16.4 Å². The molecule has 0 heterocycles. The van der Waals surface area contributed by atoms with Crippen LogP contribution in [0.1, 0.15) is 39.5 Å². The van der Waals surface area contributed by atoms with Crippen LogP contribution < -0.4 is 11.5 Å². The van der Waals surface area contributed by atoms with Crippen molar-refractivity contribution in [2.24, 2.45) is 11.5 Å². The molecule has 90 valence electrons. The Labute approximate surface area is 93.0 Å². The molecule has 0 bridgehead atoms. The van der Waals surface area contributed by atoms with Gasteiger partial charge in [-0.3, -0.25) is 4.79 Å². The Morgan fingerprint density at radius 2 is 1.80 bits per heavy atom. The van der Waals surface area contributed by atoms with Crippen molar-refractivity contribution < 1.29 is 4.79 Å². The fraction of sp³-hybridized carbons (Fsp3) is 0.909. The Bertz CT molecular complexity index is 188. The van der Waals surface area contributed by atoms with Crippen molar-refractivity contribution in [1.82, 2.24) is 4.90 Å². The Morgan fingerprint density at radius 3 is 2.20 bits per heavy atom. The highest BCUT2D eigenvalue weighted by atomic mass is 16.2. The van der Waals surface area contributed by atoms with Gasteiger partial charge in [0.1, 0.15) is 0 Å².